The summed E-state index contributed by atoms with van der Waals surface area (Å²) in [4.78, 5) is 10.8. The number of ether oxygens (including phenoxy) is 1. The molecule has 0 amide bonds. The third kappa shape index (κ3) is 5.63. The molecular weight excluding hydrogens is 414 g/mol. The average molecular weight is 444 g/mol. The highest BCUT2D eigenvalue weighted by atomic mass is 32.2. The van der Waals surface area contributed by atoms with Crippen LogP contribution >= 0.6 is 11.8 Å². The van der Waals surface area contributed by atoms with Gasteiger partial charge in [-0.25, -0.2) is 0 Å². The van der Waals surface area contributed by atoms with Crippen LogP contribution in [0.3, 0.4) is 0 Å². The second kappa shape index (κ2) is 9.66. The number of thioether (sulfide) groups is 1. The van der Waals surface area contributed by atoms with Crippen LogP contribution in [0.25, 0.3) is 5.70 Å². The van der Waals surface area contributed by atoms with E-state index in [1.54, 1.807) is 11.8 Å². The minimum Gasteiger partial charge on any atom is -0.489 e. The molecule has 0 radical (unpaired) electrons. The van der Waals surface area contributed by atoms with Gasteiger partial charge >= 0.3 is 0 Å². The van der Waals surface area contributed by atoms with Gasteiger partial charge in [0, 0.05) is 17.7 Å². The fourth-order valence-corrected chi connectivity index (χ4v) is 4.58. The maximum atomic E-state index is 10.8. The van der Waals surface area contributed by atoms with Gasteiger partial charge in [0.05, 0.1) is 5.37 Å². The highest BCUT2D eigenvalue weighted by Gasteiger charge is 2.18. The normalized spacial score (nSPS) is 15.7. The lowest BCUT2D eigenvalue weighted by molar-refractivity contribution is 0.112. The predicted molar refractivity (Wildman–Crippen MR) is 134 cm³/mol. The van der Waals surface area contributed by atoms with Gasteiger partial charge < -0.3 is 10.1 Å². The number of aldehydes is 1. The van der Waals surface area contributed by atoms with Crippen LogP contribution in [0, 0.1) is 0 Å². The maximum Gasteiger partial charge on any atom is 0.150 e. The first-order chi connectivity index (χ1) is 15.4. The summed E-state index contributed by atoms with van der Waals surface area (Å²) < 4.78 is 5.98. The van der Waals surface area contributed by atoms with Crippen molar-refractivity contribution in [1.82, 2.24) is 5.32 Å². The van der Waals surface area contributed by atoms with E-state index in [1.165, 1.54) is 16.7 Å². The largest absolute Gasteiger partial charge is 0.489 e. The van der Waals surface area contributed by atoms with E-state index < -0.39 is 0 Å². The molecule has 3 nitrogen and oxygen atoms in total. The Morgan fingerprint density at radius 3 is 2.19 bits per heavy atom. The molecule has 0 aromatic heterocycles. The van der Waals surface area contributed by atoms with Gasteiger partial charge in [0.2, 0.25) is 0 Å². The molecule has 32 heavy (non-hydrogen) atoms. The molecule has 0 saturated heterocycles. The van der Waals surface area contributed by atoms with E-state index in [0.717, 1.165) is 29.7 Å². The summed E-state index contributed by atoms with van der Waals surface area (Å²) >= 11 is 1.79. The first kappa shape index (κ1) is 22.2. The minimum atomic E-state index is 0.163. The van der Waals surface area contributed by atoms with Crippen molar-refractivity contribution in [3.63, 3.8) is 0 Å². The standard InChI is InChI=1S/C28H29NO2S/c1-28(2,3)24-12-8-22(9-13-24)18-31-25-14-10-23(11-15-25)26-19-32-27(29-26)16-20-4-6-21(17-30)7-5-20/h4-15,17,19,27,29H,16,18H2,1-3H3. The number of hydrogen-bond acceptors (Lipinski definition) is 4. The number of carbonyl (C=O) groups excluding carboxylic acids is 1. The lowest BCUT2D eigenvalue weighted by atomic mass is 9.87. The molecule has 1 aliphatic heterocycles. The molecule has 0 fully saturated rings. The van der Waals surface area contributed by atoms with E-state index in [-0.39, 0.29) is 5.41 Å². The summed E-state index contributed by atoms with van der Waals surface area (Å²) in [5.41, 5.74) is 6.88. The van der Waals surface area contributed by atoms with Crippen molar-refractivity contribution in [2.24, 2.45) is 0 Å². The molecule has 1 unspecified atom stereocenters. The monoisotopic (exact) mass is 443 g/mol. The molecule has 1 aliphatic rings. The van der Waals surface area contributed by atoms with Crippen LogP contribution in [-0.4, -0.2) is 11.7 Å². The Hall–Kier alpha value is -2.98. The van der Waals surface area contributed by atoms with Crippen molar-refractivity contribution in [2.75, 3.05) is 0 Å². The zero-order valence-corrected chi connectivity index (χ0v) is 19.6. The van der Waals surface area contributed by atoms with E-state index in [2.05, 4.69) is 67.9 Å². The molecule has 0 saturated carbocycles. The predicted octanol–water partition coefficient (Wildman–Crippen LogP) is 6.58. The molecule has 3 aromatic carbocycles. The van der Waals surface area contributed by atoms with Gasteiger partial charge in [0.25, 0.3) is 0 Å². The molecule has 4 heteroatoms. The topological polar surface area (TPSA) is 38.3 Å². The van der Waals surface area contributed by atoms with Gasteiger partial charge in [-0.15, -0.1) is 11.8 Å². The Morgan fingerprint density at radius 2 is 1.56 bits per heavy atom. The van der Waals surface area contributed by atoms with Gasteiger partial charge in [-0.1, -0.05) is 69.3 Å². The van der Waals surface area contributed by atoms with E-state index in [9.17, 15) is 4.79 Å². The van der Waals surface area contributed by atoms with E-state index in [4.69, 9.17) is 4.74 Å². The Balaban J connectivity index is 1.29. The lowest BCUT2D eigenvalue weighted by Gasteiger charge is -2.19. The minimum absolute atomic E-state index is 0.163. The Labute approximate surface area is 194 Å². The lowest BCUT2D eigenvalue weighted by Crippen LogP contribution is -2.22. The van der Waals surface area contributed by atoms with Crippen LogP contribution in [0.4, 0.5) is 0 Å². The molecule has 1 atom stereocenters. The first-order valence-electron chi connectivity index (χ1n) is 10.9. The summed E-state index contributed by atoms with van der Waals surface area (Å²) in [5.74, 6) is 0.867. The number of nitrogens with one attached hydrogen (secondary N) is 1. The Kier molecular flexibility index (Phi) is 6.71. The van der Waals surface area contributed by atoms with Crippen molar-refractivity contribution in [3.05, 3.63) is 106 Å². The number of hydrogen-bond donors (Lipinski definition) is 1. The molecular formula is C28H29NO2S. The first-order valence-corrected chi connectivity index (χ1v) is 11.8. The maximum absolute atomic E-state index is 10.8. The summed E-state index contributed by atoms with van der Waals surface area (Å²) in [6, 6.07) is 24.7. The summed E-state index contributed by atoms with van der Waals surface area (Å²) in [7, 11) is 0. The molecule has 1 N–H and O–H groups in total. The summed E-state index contributed by atoms with van der Waals surface area (Å²) in [6.45, 7) is 7.23. The highest BCUT2D eigenvalue weighted by Crippen LogP contribution is 2.30. The smallest absolute Gasteiger partial charge is 0.150 e. The van der Waals surface area contributed by atoms with Crippen LogP contribution in [0.1, 0.15) is 53.4 Å². The molecule has 0 bridgehead atoms. The molecule has 1 heterocycles. The van der Waals surface area contributed by atoms with Crippen molar-refractivity contribution >= 4 is 23.7 Å². The number of benzene rings is 3. The van der Waals surface area contributed by atoms with Crippen molar-refractivity contribution in [3.8, 4) is 5.75 Å². The molecule has 4 rings (SSSR count). The van der Waals surface area contributed by atoms with Gasteiger partial charge in [-0.05, 0) is 57.3 Å². The van der Waals surface area contributed by atoms with Crippen molar-refractivity contribution < 1.29 is 9.53 Å². The van der Waals surface area contributed by atoms with Gasteiger partial charge in [0.1, 0.15) is 18.6 Å². The van der Waals surface area contributed by atoms with Crippen LogP contribution in [0.5, 0.6) is 5.75 Å². The molecule has 0 aliphatic carbocycles. The van der Waals surface area contributed by atoms with Crippen molar-refractivity contribution in [2.45, 2.75) is 44.6 Å². The Morgan fingerprint density at radius 1 is 0.906 bits per heavy atom. The van der Waals surface area contributed by atoms with Gasteiger partial charge in [-0.3, -0.25) is 4.79 Å². The van der Waals surface area contributed by atoms with Crippen molar-refractivity contribution in [1.29, 1.82) is 0 Å². The van der Waals surface area contributed by atoms with Gasteiger partial charge in [-0.2, -0.15) is 0 Å². The Bertz CT molecular complexity index is 1080. The van der Waals surface area contributed by atoms with Crippen LogP contribution in [0.15, 0.2) is 78.2 Å². The third-order valence-electron chi connectivity index (χ3n) is 5.59. The molecule has 3 aromatic rings. The van der Waals surface area contributed by atoms with E-state index in [0.29, 0.717) is 17.5 Å². The summed E-state index contributed by atoms with van der Waals surface area (Å²) in [5, 5.41) is 6.06. The van der Waals surface area contributed by atoms with Crippen LogP contribution < -0.4 is 10.1 Å². The SMILES string of the molecule is CC(C)(C)c1ccc(COc2ccc(C3=CSC(Cc4ccc(C=O)cc4)N3)cc2)cc1. The third-order valence-corrected chi connectivity index (χ3v) is 6.58. The summed E-state index contributed by atoms with van der Waals surface area (Å²) in [6.07, 6.45) is 1.78. The highest BCUT2D eigenvalue weighted by molar-refractivity contribution is 8.03. The zero-order chi connectivity index (χ0) is 22.6. The second-order valence-electron chi connectivity index (χ2n) is 9.12. The fourth-order valence-electron chi connectivity index (χ4n) is 3.59. The van der Waals surface area contributed by atoms with E-state index in [1.807, 2.05) is 36.4 Å². The van der Waals surface area contributed by atoms with Crippen LogP contribution in [-0.2, 0) is 18.4 Å². The van der Waals surface area contributed by atoms with Crippen LogP contribution in [0.2, 0.25) is 0 Å². The molecule has 0 spiro atoms. The molecule has 164 valence electrons. The number of carbonyl (C=O) groups is 1. The number of rotatable bonds is 7. The fraction of sp³-hybridized carbons (Fsp3) is 0.250. The van der Waals surface area contributed by atoms with Gasteiger partial charge in [0.15, 0.2) is 0 Å². The zero-order valence-electron chi connectivity index (χ0n) is 18.8. The average Bonchev–Trinajstić information content (AvgIpc) is 3.27. The second-order valence-corrected chi connectivity index (χ2v) is 10.2. The quantitative estimate of drug-likeness (QED) is 0.419. The van der Waals surface area contributed by atoms with E-state index >= 15 is 0 Å².